The minimum absolute atomic E-state index is 0.0551. The van der Waals surface area contributed by atoms with Crippen LogP contribution in [0.15, 0.2) is 0 Å². The Hall–Kier alpha value is -1.56. The summed E-state index contributed by atoms with van der Waals surface area (Å²) in [5.41, 5.74) is 7.76. The summed E-state index contributed by atoms with van der Waals surface area (Å²) in [5.74, 6) is -0.0551. The van der Waals surface area contributed by atoms with E-state index in [1.807, 2.05) is 19.0 Å². The van der Waals surface area contributed by atoms with Gasteiger partial charge in [-0.2, -0.15) is 5.10 Å². The molecule has 2 heterocycles. The van der Waals surface area contributed by atoms with Crippen LogP contribution in [-0.4, -0.2) is 59.1 Å². The number of aryl methyl sites for hydroxylation is 1. The maximum atomic E-state index is 12.4. The molecule has 0 aliphatic carbocycles. The highest BCUT2D eigenvalue weighted by molar-refractivity contribution is 5.97. The van der Waals surface area contributed by atoms with Crippen LogP contribution in [-0.2, 0) is 6.42 Å². The molecule has 1 saturated heterocycles. The molecule has 2 rings (SSSR count). The minimum atomic E-state index is -0.0551. The highest BCUT2D eigenvalue weighted by Crippen LogP contribution is 2.21. The molecule has 0 aromatic carbocycles. The number of nitrogens with two attached hydrogens (primary N) is 1. The van der Waals surface area contributed by atoms with Crippen molar-refractivity contribution in [2.24, 2.45) is 0 Å². The lowest BCUT2D eigenvalue weighted by Gasteiger charge is -2.20. The summed E-state index contributed by atoms with van der Waals surface area (Å²) in [5, 5.41) is 6.97. The highest BCUT2D eigenvalue weighted by Gasteiger charge is 2.30. The van der Waals surface area contributed by atoms with Crippen molar-refractivity contribution in [3.8, 4) is 0 Å². The molecule has 1 fully saturated rings. The Morgan fingerprint density at radius 2 is 2.32 bits per heavy atom. The van der Waals surface area contributed by atoms with Crippen molar-refractivity contribution in [2.45, 2.75) is 32.2 Å². The fraction of sp³-hybridized carbons (Fsp3) is 0.692. The standard InChI is InChI=1S/C13H23N5O/c1-4-5-10-11(14)12(16-15-10)13(19)18-7-6-9(8-18)17(2)3/h9H,4-8,14H2,1-3H3,(H,15,16). The third-order valence-electron chi connectivity index (χ3n) is 3.77. The lowest BCUT2D eigenvalue weighted by molar-refractivity contribution is 0.0778. The van der Waals surface area contributed by atoms with Crippen LogP contribution in [0.3, 0.4) is 0 Å². The Morgan fingerprint density at radius 1 is 1.58 bits per heavy atom. The van der Waals surface area contributed by atoms with E-state index < -0.39 is 0 Å². The maximum absolute atomic E-state index is 12.4. The smallest absolute Gasteiger partial charge is 0.276 e. The van der Waals surface area contributed by atoms with E-state index in [4.69, 9.17) is 5.73 Å². The molecule has 19 heavy (non-hydrogen) atoms. The normalized spacial score (nSPS) is 19.4. The van der Waals surface area contributed by atoms with Crippen LogP contribution in [0.2, 0.25) is 0 Å². The van der Waals surface area contributed by atoms with Gasteiger partial charge in [0.2, 0.25) is 0 Å². The van der Waals surface area contributed by atoms with Gasteiger partial charge < -0.3 is 15.5 Å². The topological polar surface area (TPSA) is 78.2 Å². The van der Waals surface area contributed by atoms with Crippen LogP contribution in [0, 0.1) is 0 Å². The first-order chi connectivity index (χ1) is 9.04. The molecule has 0 bridgehead atoms. The van der Waals surface area contributed by atoms with Crippen LogP contribution in [0.5, 0.6) is 0 Å². The lowest BCUT2D eigenvalue weighted by Crippen LogP contribution is -2.34. The first-order valence-corrected chi connectivity index (χ1v) is 6.83. The number of aromatic nitrogens is 2. The second-order valence-electron chi connectivity index (χ2n) is 5.37. The summed E-state index contributed by atoms with van der Waals surface area (Å²) in [6.07, 6.45) is 2.81. The Balaban J connectivity index is 2.08. The number of carbonyl (C=O) groups is 1. The summed E-state index contributed by atoms with van der Waals surface area (Å²) in [6.45, 7) is 3.60. The molecule has 1 atom stereocenters. The van der Waals surface area contributed by atoms with Gasteiger partial charge in [0.1, 0.15) is 0 Å². The van der Waals surface area contributed by atoms with Gasteiger partial charge in [-0.25, -0.2) is 0 Å². The van der Waals surface area contributed by atoms with E-state index in [0.717, 1.165) is 38.0 Å². The predicted octanol–water partition coefficient (Wildman–Crippen LogP) is 0.721. The van der Waals surface area contributed by atoms with Gasteiger partial charge in [-0.05, 0) is 26.9 Å². The third kappa shape index (κ3) is 2.73. The van der Waals surface area contributed by atoms with Crippen molar-refractivity contribution < 1.29 is 4.79 Å². The molecule has 106 valence electrons. The Morgan fingerprint density at radius 3 is 2.89 bits per heavy atom. The number of nitrogens with one attached hydrogen (secondary N) is 1. The summed E-state index contributed by atoms with van der Waals surface area (Å²) < 4.78 is 0. The van der Waals surface area contributed by atoms with E-state index in [-0.39, 0.29) is 5.91 Å². The zero-order valence-electron chi connectivity index (χ0n) is 11.9. The van der Waals surface area contributed by atoms with E-state index in [1.165, 1.54) is 0 Å². The molecule has 6 nitrogen and oxygen atoms in total. The number of likely N-dealkylation sites (tertiary alicyclic amines) is 1. The molecule has 0 radical (unpaired) electrons. The van der Waals surface area contributed by atoms with E-state index in [9.17, 15) is 4.79 Å². The molecule has 1 amide bonds. The number of anilines is 1. The number of hydrogen-bond acceptors (Lipinski definition) is 4. The minimum Gasteiger partial charge on any atom is -0.395 e. The fourth-order valence-electron chi connectivity index (χ4n) is 2.49. The number of aromatic amines is 1. The van der Waals surface area contributed by atoms with Crippen LogP contribution in [0.4, 0.5) is 5.69 Å². The summed E-state index contributed by atoms with van der Waals surface area (Å²) in [6, 6.07) is 0.430. The highest BCUT2D eigenvalue weighted by atomic mass is 16.2. The monoisotopic (exact) mass is 265 g/mol. The van der Waals surface area contributed by atoms with Crippen molar-refractivity contribution in [1.29, 1.82) is 0 Å². The molecule has 1 aromatic heterocycles. The molecule has 0 spiro atoms. The van der Waals surface area contributed by atoms with Gasteiger partial charge in [0.15, 0.2) is 5.69 Å². The summed E-state index contributed by atoms with van der Waals surface area (Å²) >= 11 is 0. The molecule has 0 saturated carbocycles. The molecule has 1 aliphatic rings. The molecule has 6 heteroatoms. The Kier molecular flexibility index (Phi) is 4.09. The molecular weight excluding hydrogens is 242 g/mol. The number of rotatable bonds is 4. The quantitative estimate of drug-likeness (QED) is 0.841. The number of likely N-dealkylation sites (N-methyl/N-ethyl adjacent to an activating group) is 1. The maximum Gasteiger partial charge on any atom is 0.276 e. The van der Waals surface area contributed by atoms with Crippen LogP contribution in [0.1, 0.15) is 35.9 Å². The molecule has 1 unspecified atom stereocenters. The van der Waals surface area contributed by atoms with Gasteiger partial charge in [0, 0.05) is 19.1 Å². The number of nitrogen functional groups attached to an aromatic ring is 1. The number of nitrogens with zero attached hydrogens (tertiary/aromatic N) is 3. The van der Waals surface area contributed by atoms with Gasteiger partial charge in [-0.1, -0.05) is 13.3 Å². The largest absolute Gasteiger partial charge is 0.395 e. The van der Waals surface area contributed by atoms with Crippen molar-refractivity contribution in [3.63, 3.8) is 0 Å². The van der Waals surface area contributed by atoms with Crippen molar-refractivity contribution in [2.75, 3.05) is 32.9 Å². The van der Waals surface area contributed by atoms with Gasteiger partial charge in [-0.15, -0.1) is 0 Å². The summed E-state index contributed by atoms with van der Waals surface area (Å²) in [7, 11) is 4.09. The van der Waals surface area contributed by atoms with E-state index in [2.05, 4.69) is 22.0 Å². The average Bonchev–Trinajstić information content (AvgIpc) is 2.98. The van der Waals surface area contributed by atoms with Crippen LogP contribution >= 0.6 is 0 Å². The number of carbonyl (C=O) groups excluding carboxylic acids is 1. The molecule has 3 N–H and O–H groups in total. The fourth-order valence-corrected chi connectivity index (χ4v) is 2.49. The zero-order valence-corrected chi connectivity index (χ0v) is 11.9. The second-order valence-corrected chi connectivity index (χ2v) is 5.37. The van der Waals surface area contributed by atoms with Crippen LogP contribution in [0.25, 0.3) is 0 Å². The summed E-state index contributed by atoms with van der Waals surface area (Å²) in [4.78, 5) is 16.4. The Bertz CT molecular complexity index is 454. The number of amides is 1. The van der Waals surface area contributed by atoms with E-state index in [0.29, 0.717) is 17.4 Å². The van der Waals surface area contributed by atoms with Crippen molar-refractivity contribution in [1.82, 2.24) is 20.0 Å². The zero-order chi connectivity index (χ0) is 14.0. The van der Waals surface area contributed by atoms with Gasteiger partial charge in [0.25, 0.3) is 5.91 Å². The predicted molar refractivity (Wildman–Crippen MR) is 75.0 cm³/mol. The van der Waals surface area contributed by atoms with Crippen LogP contribution < -0.4 is 5.73 Å². The van der Waals surface area contributed by atoms with Gasteiger partial charge in [0.05, 0.1) is 11.4 Å². The van der Waals surface area contributed by atoms with Crippen molar-refractivity contribution >= 4 is 11.6 Å². The lowest BCUT2D eigenvalue weighted by atomic mass is 10.2. The van der Waals surface area contributed by atoms with E-state index >= 15 is 0 Å². The first-order valence-electron chi connectivity index (χ1n) is 6.83. The first kappa shape index (κ1) is 13.9. The number of hydrogen-bond donors (Lipinski definition) is 2. The Labute approximate surface area is 113 Å². The second kappa shape index (κ2) is 5.61. The van der Waals surface area contributed by atoms with Crippen molar-refractivity contribution in [3.05, 3.63) is 11.4 Å². The SMILES string of the molecule is CCCc1[nH]nc(C(=O)N2CCC(N(C)C)C2)c1N. The third-order valence-corrected chi connectivity index (χ3v) is 3.77. The number of H-pyrrole nitrogens is 1. The van der Waals surface area contributed by atoms with Gasteiger partial charge in [-0.3, -0.25) is 9.89 Å². The average molecular weight is 265 g/mol. The van der Waals surface area contributed by atoms with Gasteiger partial charge >= 0.3 is 0 Å². The molecular formula is C13H23N5O. The molecule has 1 aromatic rings. The van der Waals surface area contributed by atoms with E-state index in [1.54, 1.807) is 0 Å². The molecule has 1 aliphatic heterocycles.